The first-order chi connectivity index (χ1) is 17.7. The second-order valence-electron chi connectivity index (χ2n) is 12.3. The molecular formula is C30H32ClN3O3. The normalized spacial score (nSPS) is 30.1. The van der Waals surface area contributed by atoms with Crippen molar-refractivity contribution in [3.8, 4) is 16.9 Å². The minimum absolute atomic E-state index is 0.0863. The third-order valence-electron chi connectivity index (χ3n) is 9.22. The van der Waals surface area contributed by atoms with Crippen LogP contribution in [0.3, 0.4) is 0 Å². The van der Waals surface area contributed by atoms with Crippen molar-refractivity contribution in [2.45, 2.75) is 69.1 Å². The summed E-state index contributed by atoms with van der Waals surface area (Å²) in [4.78, 5) is 18.2. The van der Waals surface area contributed by atoms with E-state index < -0.39 is 0 Å². The number of Topliss-reactive ketones (excluding diaryl/α,β-unsaturated/α-hetero) is 1. The lowest BCUT2D eigenvalue weighted by atomic mass is 9.50. The first-order valence-corrected chi connectivity index (χ1v) is 13.8. The maximum atomic E-state index is 13.5. The fourth-order valence-corrected chi connectivity index (χ4v) is 8.19. The number of hydrogen-bond acceptors (Lipinski definition) is 6. The number of ketones is 1. The molecule has 3 aromatic rings. The number of nitrogens with zero attached hydrogens (tertiary/aromatic N) is 1. The van der Waals surface area contributed by atoms with E-state index in [1.165, 1.54) is 6.42 Å². The average Bonchev–Trinajstić information content (AvgIpc) is 3.69. The fraction of sp³-hybridized carbons (Fsp3) is 0.467. The molecule has 5 saturated carbocycles. The number of pyridine rings is 1. The van der Waals surface area contributed by atoms with Crippen molar-refractivity contribution in [3.63, 3.8) is 0 Å². The minimum atomic E-state index is -0.312. The third kappa shape index (κ3) is 3.92. The topological polar surface area (TPSA) is 108 Å². The molecule has 7 heteroatoms. The lowest BCUT2D eigenvalue weighted by Crippen LogP contribution is -2.65. The van der Waals surface area contributed by atoms with Crippen LogP contribution in [-0.4, -0.2) is 32.1 Å². The molecule has 2 atom stereocenters. The summed E-state index contributed by atoms with van der Waals surface area (Å²) in [6.45, 7) is -0.312. The van der Waals surface area contributed by atoms with E-state index in [2.05, 4.69) is 16.4 Å². The minimum Gasteiger partial charge on any atom is -0.506 e. The van der Waals surface area contributed by atoms with Crippen LogP contribution in [0.5, 0.6) is 5.75 Å². The molecule has 1 aromatic heterocycles. The summed E-state index contributed by atoms with van der Waals surface area (Å²) in [6, 6.07) is 9.43. The van der Waals surface area contributed by atoms with Crippen molar-refractivity contribution in [3.05, 3.63) is 52.7 Å². The molecule has 5 N–H and O–H groups in total. The fourth-order valence-electron chi connectivity index (χ4n) is 7.95. The Morgan fingerprint density at radius 3 is 2.54 bits per heavy atom. The number of fused-ring (bicyclic) bond motifs is 1. The van der Waals surface area contributed by atoms with Crippen LogP contribution in [0.2, 0.25) is 5.02 Å². The van der Waals surface area contributed by atoms with Crippen molar-refractivity contribution < 1.29 is 15.0 Å². The Labute approximate surface area is 221 Å². The van der Waals surface area contributed by atoms with Gasteiger partial charge in [0, 0.05) is 34.1 Å². The Hall–Kier alpha value is -2.67. The van der Waals surface area contributed by atoms with Gasteiger partial charge in [-0.2, -0.15) is 0 Å². The summed E-state index contributed by atoms with van der Waals surface area (Å²) in [6.07, 6.45) is 10.2. The van der Waals surface area contributed by atoms with Crippen molar-refractivity contribution in [1.82, 2.24) is 4.98 Å². The molecule has 6 nitrogen and oxygen atoms in total. The Bertz CT molecular complexity index is 1440. The van der Waals surface area contributed by atoms with Gasteiger partial charge in [-0.25, -0.2) is 0 Å². The Morgan fingerprint density at radius 1 is 1.11 bits per heavy atom. The molecule has 5 fully saturated rings. The number of benzene rings is 2. The van der Waals surface area contributed by atoms with Gasteiger partial charge in [0.25, 0.3) is 0 Å². The van der Waals surface area contributed by atoms with Crippen LogP contribution in [0.4, 0.5) is 5.69 Å². The highest BCUT2D eigenvalue weighted by Gasteiger charge is 2.56. The van der Waals surface area contributed by atoms with E-state index in [9.17, 15) is 15.0 Å². The SMILES string of the molecule is NC12CC3CC(C1)CC(Nc1c(C(=O)C4CC4)cnc4ccc(-c5cc(Cl)c(O)c(CO)c5)cc14)(C3)C2. The third-order valence-corrected chi connectivity index (χ3v) is 9.51. The number of rotatable bonds is 6. The van der Waals surface area contributed by atoms with Gasteiger partial charge in [0.15, 0.2) is 5.78 Å². The monoisotopic (exact) mass is 517 g/mol. The van der Waals surface area contributed by atoms with Gasteiger partial charge in [-0.3, -0.25) is 9.78 Å². The van der Waals surface area contributed by atoms with Crippen molar-refractivity contribution >= 4 is 34.0 Å². The predicted octanol–water partition coefficient (Wildman–Crippen LogP) is 5.81. The number of aliphatic hydroxyl groups is 1. The van der Waals surface area contributed by atoms with Gasteiger partial charge in [-0.05, 0) is 98.6 Å². The summed E-state index contributed by atoms with van der Waals surface area (Å²) < 4.78 is 0. The summed E-state index contributed by atoms with van der Waals surface area (Å²) >= 11 is 6.28. The van der Waals surface area contributed by atoms with Gasteiger partial charge < -0.3 is 21.3 Å². The molecule has 37 heavy (non-hydrogen) atoms. The van der Waals surface area contributed by atoms with E-state index in [4.69, 9.17) is 17.3 Å². The number of carbonyl (C=O) groups excluding carboxylic acids is 1. The number of halogens is 1. The van der Waals surface area contributed by atoms with E-state index in [1.807, 2.05) is 12.1 Å². The molecule has 0 aliphatic heterocycles. The highest BCUT2D eigenvalue weighted by molar-refractivity contribution is 6.32. The predicted molar refractivity (Wildman–Crippen MR) is 145 cm³/mol. The lowest BCUT2D eigenvalue weighted by Gasteiger charge is -2.61. The standard InChI is InChI=1S/C30H32ClN3O3/c31-24-8-20(6-21(14-35)28(24)37)19-3-4-25-22(7-19)26(23(13-33-25)27(36)18-1-2-18)34-30-11-16-5-17(12-30)10-29(32,9-16)15-30/h3-4,6-8,13,16-18,35,37H,1-2,5,9-12,14-15,32H2,(H,33,34). The molecule has 5 aliphatic carbocycles. The second kappa shape index (κ2) is 8.16. The highest BCUT2D eigenvalue weighted by Crippen LogP contribution is 2.58. The number of phenols is 1. The van der Waals surface area contributed by atoms with Crippen LogP contribution in [-0.2, 0) is 6.61 Å². The van der Waals surface area contributed by atoms with Crippen molar-refractivity contribution in [2.75, 3.05) is 5.32 Å². The molecular weight excluding hydrogens is 486 g/mol. The van der Waals surface area contributed by atoms with Gasteiger partial charge in [0.1, 0.15) is 5.75 Å². The zero-order chi connectivity index (χ0) is 25.5. The van der Waals surface area contributed by atoms with E-state index >= 15 is 0 Å². The van der Waals surface area contributed by atoms with Crippen LogP contribution in [0, 0.1) is 17.8 Å². The number of nitrogens with one attached hydrogen (secondary N) is 1. The molecule has 0 radical (unpaired) electrons. The number of carbonyl (C=O) groups is 1. The van der Waals surface area contributed by atoms with Gasteiger partial charge in [-0.15, -0.1) is 0 Å². The first-order valence-electron chi connectivity index (χ1n) is 13.4. The molecule has 0 saturated heterocycles. The lowest BCUT2D eigenvalue weighted by molar-refractivity contribution is -0.00772. The molecule has 0 spiro atoms. The zero-order valence-corrected chi connectivity index (χ0v) is 21.5. The van der Waals surface area contributed by atoms with E-state index in [0.717, 1.165) is 72.7 Å². The molecule has 8 rings (SSSR count). The summed E-state index contributed by atoms with van der Waals surface area (Å²) in [5, 5.41) is 25.0. The number of aromatic hydroxyl groups is 1. The average molecular weight is 518 g/mol. The van der Waals surface area contributed by atoms with E-state index in [0.29, 0.717) is 23.0 Å². The molecule has 2 aromatic carbocycles. The van der Waals surface area contributed by atoms with Crippen LogP contribution < -0.4 is 11.1 Å². The zero-order valence-electron chi connectivity index (χ0n) is 20.8. The molecule has 1 heterocycles. The van der Waals surface area contributed by atoms with Crippen LogP contribution in [0.25, 0.3) is 22.0 Å². The number of aromatic nitrogens is 1. The Morgan fingerprint density at radius 2 is 1.86 bits per heavy atom. The highest BCUT2D eigenvalue weighted by atomic mass is 35.5. The van der Waals surface area contributed by atoms with Crippen molar-refractivity contribution in [2.24, 2.45) is 23.5 Å². The first kappa shape index (κ1) is 23.4. The number of hydrogen-bond donors (Lipinski definition) is 4. The van der Waals surface area contributed by atoms with Crippen LogP contribution in [0.1, 0.15) is 67.3 Å². The van der Waals surface area contributed by atoms with Gasteiger partial charge in [0.05, 0.1) is 28.4 Å². The van der Waals surface area contributed by atoms with Crippen LogP contribution in [0.15, 0.2) is 36.5 Å². The van der Waals surface area contributed by atoms with E-state index in [-0.39, 0.29) is 40.2 Å². The molecule has 5 aliphatic rings. The Balaban J connectivity index is 1.38. The number of nitrogens with two attached hydrogens (primary N) is 1. The van der Waals surface area contributed by atoms with Crippen LogP contribution >= 0.6 is 11.6 Å². The Kier molecular flexibility index (Phi) is 5.17. The van der Waals surface area contributed by atoms with E-state index in [1.54, 1.807) is 18.3 Å². The smallest absolute Gasteiger partial charge is 0.169 e. The van der Waals surface area contributed by atoms with Gasteiger partial charge in [-0.1, -0.05) is 17.7 Å². The summed E-state index contributed by atoms with van der Waals surface area (Å²) in [5.41, 5.74) is 11.1. The maximum absolute atomic E-state index is 13.5. The second-order valence-corrected chi connectivity index (χ2v) is 12.7. The van der Waals surface area contributed by atoms with Gasteiger partial charge in [0.2, 0.25) is 0 Å². The summed E-state index contributed by atoms with van der Waals surface area (Å²) in [5.74, 6) is 1.43. The number of anilines is 1. The maximum Gasteiger partial charge on any atom is 0.169 e. The molecule has 2 unspecified atom stereocenters. The molecule has 0 amide bonds. The summed E-state index contributed by atoms with van der Waals surface area (Å²) in [7, 11) is 0. The molecule has 192 valence electrons. The quantitative estimate of drug-likeness (QED) is 0.307. The van der Waals surface area contributed by atoms with Crippen molar-refractivity contribution in [1.29, 1.82) is 0 Å². The van der Waals surface area contributed by atoms with Gasteiger partial charge >= 0.3 is 0 Å². The number of aliphatic hydroxyl groups excluding tert-OH is 1. The largest absolute Gasteiger partial charge is 0.506 e. The molecule has 4 bridgehead atoms.